The van der Waals surface area contributed by atoms with E-state index in [1.54, 1.807) is 38.2 Å². The molecule has 0 unspecified atom stereocenters. The van der Waals surface area contributed by atoms with E-state index in [2.05, 4.69) is 13.2 Å². The largest absolute Gasteiger partial charge is 0.462 e. The number of ether oxygens (including phenoxy) is 4. The maximum absolute atomic E-state index is 11.3. The fraction of sp³-hybridized carbons (Fsp3) is 0.643. The summed E-state index contributed by atoms with van der Waals surface area (Å²) in [4.78, 5) is 22.5. The molecule has 0 atom stereocenters. The molecule has 0 radical (unpaired) electrons. The number of unbranched alkanes of at least 4 members (excludes halogenated alkanes) is 6. The summed E-state index contributed by atoms with van der Waals surface area (Å²) in [6.45, 7) is 12.4. The first kappa shape index (κ1) is 31.8. The van der Waals surface area contributed by atoms with Crippen LogP contribution in [0.1, 0.15) is 65.2 Å². The van der Waals surface area contributed by atoms with Crippen LogP contribution in [-0.2, 0) is 28.5 Å². The van der Waals surface area contributed by atoms with Crippen molar-refractivity contribution in [2.24, 2.45) is 0 Å². The van der Waals surface area contributed by atoms with Crippen LogP contribution >= 0.6 is 0 Å². The fourth-order valence-corrected chi connectivity index (χ4v) is 3.25. The first-order chi connectivity index (χ1) is 17.1. The molecule has 8 heteroatoms. The number of carbonyl (C=O) groups is 2. The summed E-state index contributed by atoms with van der Waals surface area (Å²) in [5.74, 6) is -0.711. The highest BCUT2D eigenvalue weighted by Gasteiger charge is 2.31. The molecule has 0 aromatic carbocycles. The van der Waals surface area contributed by atoms with Crippen molar-refractivity contribution in [2.45, 2.75) is 76.4 Å². The minimum Gasteiger partial charge on any atom is -0.462 e. The molecule has 1 rings (SSSR count). The Balaban J connectivity index is 2.07. The molecule has 36 heavy (non-hydrogen) atoms. The second kappa shape index (κ2) is 17.2. The smallest absolute Gasteiger partial charge is 0.333 e. The zero-order valence-corrected chi connectivity index (χ0v) is 22.0. The molecule has 1 aliphatic rings. The second-order valence-corrected chi connectivity index (χ2v) is 9.42. The quantitative estimate of drug-likeness (QED) is 0.110. The lowest BCUT2D eigenvalue weighted by Gasteiger charge is -2.30. The summed E-state index contributed by atoms with van der Waals surface area (Å²) in [5, 5.41) is 21.2. The second-order valence-electron chi connectivity index (χ2n) is 9.42. The molecule has 0 bridgehead atoms. The summed E-state index contributed by atoms with van der Waals surface area (Å²) < 4.78 is 21.3. The van der Waals surface area contributed by atoms with Gasteiger partial charge in [0.1, 0.15) is 11.2 Å². The molecule has 1 aliphatic carbocycles. The normalized spacial score (nSPS) is 20.8. The summed E-state index contributed by atoms with van der Waals surface area (Å²) in [7, 11) is 0. The van der Waals surface area contributed by atoms with Crippen molar-refractivity contribution in [3.63, 3.8) is 0 Å². The molecule has 8 nitrogen and oxygen atoms in total. The van der Waals surface area contributed by atoms with E-state index in [0.29, 0.717) is 37.6 Å². The average molecular weight is 509 g/mol. The van der Waals surface area contributed by atoms with E-state index < -0.39 is 11.2 Å². The monoisotopic (exact) mass is 508 g/mol. The van der Waals surface area contributed by atoms with Gasteiger partial charge in [-0.1, -0.05) is 26.0 Å². The van der Waals surface area contributed by atoms with Crippen molar-refractivity contribution >= 4 is 11.9 Å². The van der Waals surface area contributed by atoms with Crippen LogP contribution in [0.4, 0.5) is 0 Å². The summed E-state index contributed by atoms with van der Waals surface area (Å²) in [6, 6.07) is 0. The zero-order valence-electron chi connectivity index (χ0n) is 22.0. The van der Waals surface area contributed by atoms with Gasteiger partial charge < -0.3 is 29.2 Å². The van der Waals surface area contributed by atoms with Crippen LogP contribution in [0.25, 0.3) is 0 Å². The highest BCUT2D eigenvalue weighted by Crippen LogP contribution is 2.23. The summed E-state index contributed by atoms with van der Waals surface area (Å²) in [6.07, 6.45) is 13.2. The third-order valence-electron chi connectivity index (χ3n) is 5.52. The van der Waals surface area contributed by atoms with Gasteiger partial charge in [0, 0.05) is 24.4 Å². The van der Waals surface area contributed by atoms with E-state index >= 15 is 0 Å². The first-order valence-corrected chi connectivity index (χ1v) is 12.7. The van der Waals surface area contributed by atoms with E-state index in [1.807, 2.05) is 0 Å². The third-order valence-corrected chi connectivity index (χ3v) is 5.52. The molecular formula is C28H44O8. The molecule has 0 aromatic rings. The molecule has 0 aromatic heterocycles. The minimum atomic E-state index is -1.25. The molecule has 0 aliphatic heterocycles. The highest BCUT2D eigenvalue weighted by atomic mass is 16.5. The number of rotatable bonds is 20. The zero-order chi connectivity index (χ0) is 26.9. The molecule has 2 N–H and O–H groups in total. The van der Waals surface area contributed by atoms with E-state index in [4.69, 9.17) is 18.9 Å². The van der Waals surface area contributed by atoms with E-state index in [0.717, 1.165) is 51.4 Å². The SMILES string of the molecule is C=C(C)C(=O)OCCCCCCOCC1(O)C=CC(O)(COCCCCCCOC(=O)C(=C)C)C=C1. The number of esters is 2. The van der Waals surface area contributed by atoms with Gasteiger partial charge >= 0.3 is 11.9 Å². The van der Waals surface area contributed by atoms with Crippen LogP contribution in [0.3, 0.4) is 0 Å². The van der Waals surface area contributed by atoms with Gasteiger partial charge in [-0.15, -0.1) is 0 Å². The Hall–Kier alpha value is -2.26. The Kier molecular flexibility index (Phi) is 15.2. The highest BCUT2D eigenvalue weighted by molar-refractivity contribution is 5.87. The molecule has 0 amide bonds. The Morgan fingerprint density at radius 1 is 0.611 bits per heavy atom. The number of carbonyl (C=O) groups excluding carboxylic acids is 2. The van der Waals surface area contributed by atoms with Crippen molar-refractivity contribution in [1.82, 2.24) is 0 Å². The van der Waals surface area contributed by atoms with Crippen molar-refractivity contribution in [3.8, 4) is 0 Å². The number of hydrogen-bond donors (Lipinski definition) is 2. The predicted octanol–water partition coefficient (Wildman–Crippen LogP) is 3.97. The Labute approximate surface area is 215 Å². The summed E-state index contributed by atoms with van der Waals surface area (Å²) in [5.41, 5.74) is -1.70. The number of hydrogen-bond acceptors (Lipinski definition) is 8. The molecular weight excluding hydrogens is 464 g/mol. The maximum atomic E-state index is 11.3. The van der Waals surface area contributed by atoms with Gasteiger partial charge in [0.25, 0.3) is 0 Å². The van der Waals surface area contributed by atoms with E-state index in [-0.39, 0.29) is 25.2 Å². The molecule has 0 spiro atoms. The molecule has 204 valence electrons. The van der Waals surface area contributed by atoms with Crippen LogP contribution < -0.4 is 0 Å². The summed E-state index contributed by atoms with van der Waals surface area (Å²) >= 11 is 0. The third kappa shape index (κ3) is 14.3. The Morgan fingerprint density at radius 3 is 1.22 bits per heavy atom. The van der Waals surface area contributed by atoms with Crippen LogP contribution in [-0.4, -0.2) is 73.0 Å². The van der Waals surface area contributed by atoms with Crippen molar-refractivity contribution in [2.75, 3.05) is 39.6 Å². The van der Waals surface area contributed by atoms with Gasteiger partial charge in [0.2, 0.25) is 0 Å². The van der Waals surface area contributed by atoms with Gasteiger partial charge in [-0.05, 0) is 76.7 Å². The van der Waals surface area contributed by atoms with Crippen molar-refractivity contribution in [1.29, 1.82) is 0 Å². The average Bonchev–Trinajstić information content (AvgIpc) is 2.83. The maximum Gasteiger partial charge on any atom is 0.333 e. The molecule has 0 heterocycles. The van der Waals surface area contributed by atoms with E-state index in [9.17, 15) is 19.8 Å². The lowest BCUT2D eigenvalue weighted by molar-refractivity contribution is -0.139. The van der Waals surface area contributed by atoms with Crippen molar-refractivity contribution in [3.05, 3.63) is 48.6 Å². The van der Waals surface area contributed by atoms with E-state index in [1.165, 1.54) is 0 Å². The lowest BCUT2D eigenvalue weighted by atomic mass is 9.90. The molecule has 0 saturated carbocycles. The standard InChI is InChI=1S/C28H44O8/c1-23(2)25(29)35-19-11-7-5-9-17-33-21-27(31)13-15-28(32,16-14-27)22-34-18-10-6-8-12-20-36-26(30)24(3)4/h13-16,31-32H,1,3,5-12,17-22H2,2,4H3. The van der Waals surface area contributed by atoms with Gasteiger partial charge in [-0.3, -0.25) is 0 Å². The first-order valence-electron chi connectivity index (χ1n) is 12.7. The fourth-order valence-electron chi connectivity index (χ4n) is 3.25. The minimum absolute atomic E-state index is 0.106. The van der Waals surface area contributed by atoms with Crippen molar-refractivity contribution < 1.29 is 38.7 Å². The lowest BCUT2D eigenvalue weighted by Crippen LogP contribution is -2.39. The van der Waals surface area contributed by atoms with Crippen LogP contribution in [0.5, 0.6) is 0 Å². The molecule has 0 fully saturated rings. The molecule has 0 saturated heterocycles. The number of aliphatic hydroxyl groups is 2. The van der Waals surface area contributed by atoms with Gasteiger partial charge in [0.15, 0.2) is 0 Å². The van der Waals surface area contributed by atoms with Gasteiger partial charge in [0.05, 0.1) is 26.4 Å². The van der Waals surface area contributed by atoms with Crippen LogP contribution in [0.15, 0.2) is 48.6 Å². The van der Waals surface area contributed by atoms with Gasteiger partial charge in [-0.25, -0.2) is 9.59 Å². The van der Waals surface area contributed by atoms with Crippen LogP contribution in [0, 0.1) is 0 Å². The Morgan fingerprint density at radius 2 is 0.917 bits per heavy atom. The predicted molar refractivity (Wildman–Crippen MR) is 138 cm³/mol. The topological polar surface area (TPSA) is 112 Å². The Bertz CT molecular complexity index is 692. The van der Waals surface area contributed by atoms with Crippen LogP contribution in [0.2, 0.25) is 0 Å². The van der Waals surface area contributed by atoms with Gasteiger partial charge in [-0.2, -0.15) is 0 Å².